The van der Waals surface area contributed by atoms with Crippen molar-refractivity contribution >= 4 is 11.6 Å². The Hall–Kier alpha value is -2.40. The quantitative estimate of drug-likeness (QED) is 0.825. The van der Waals surface area contributed by atoms with Crippen LogP contribution in [0.2, 0.25) is 0 Å². The number of rotatable bonds is 7. The number of nitrogens with zero attached hydrogens (tertiary/aromatic N) is 1. The summed E-state index contributed by atoms with van der Waals surface area (Å²) in [5.74, 6) is 2.20. The number of aromatic nitrogens is 1. The standard InChI is InChI=1S/C17H19N3O2/c21-17(12-19-11-13-1-2-13)20-14-3-5-15(6-4-14)22-16-7-9-18-10-8-16/h3-10,13,19H,1-2,11-12H2,(H,20,21). The molecule has 114 valence electrons. The van der Waals surface area contributed by atoms with E-state index in [-0.39, 0.29) is 5.91 Å². The third-order valence-corrected chi connectivity index (χ3v) is 3.44. The van der Waals surface area contributed by atoms with Crippen LogP contribution in [-0.4, -0.2) is 24.0 Å². The van der Waals surface area contributed by atoms with Crippen LogP contribution in [0.4, 0.5) is 5.69 Å². The van der Waals surface area contributed by atoms with E-state index in [1.807, 2.05) is 24.3 Å². The number of carbonyl (C=O) groups excluding carboxylic acids is 1. The fourth-order valence-corrected chi connectivity index (χ4v) is 2.07. The van der Waals surface area contributed by atoms with Crippen molar-refractivity contribution in [3.8, 4) is 11.5 Å². The van der Waals surface area contributed by atoms with Crippen LogP contribution in [0.15, 0.2) is 48.8 Å². The van der Waals surface area contributed by atoms with E-state index in [1.54, 1.807) is 24.5 Å². The normalized spacial score (nSPS) is 13.6. The summed E-state index contributed by atoms with van der Waals surface area (Å²) in [6, 6.07) is 10.9. The maximum atomic E-state index is 11.8. The molecule has 5 nitrogen and oxygen atoms in total. The average Bonchev–Trinajstić information content (AvgIpc) is 3.35. The molecule has 1 aromatic heterocycles. The Balaban J connectivity index is 1.47. The zero-order valence-electron chi connectivity index (χ0n) is 12.3. The predicted octanol–water partition coefficient (Wildman–Crippen LogP) is 2.81. The number of anilines is 1. The van der Waals surface area contributed by atoms with E-state index in [9.17, 15) is 4.79 Å². The van der Waals surface area contributed by atoms with Crippen LogP contribution in [0.5, 0.6) is 11.5 Å². The summed E-state index contributed by atoms with van der Waals surface area (Å²) < 4.78 is 5.67. The van der Waals surface area contributed by atoms with Crippen molar-refractivity contribution < 1.29 is 9.53 Å². The van der Waals surface area contributed by atoms with Gasteiger partial charge in [0.25, 0.3) is 0 Å². The van der Waals surface area contributed by atoms with Crippen LogP contribution in [0.25, 0.3) is 0 Å². The first-order valence-corrected chi connectivity index (χ1v) is 7.48. The van der Waals surface area contributed by atoms with E-state index < -0.39 is 0 Å². The SMILES string of the molecule is O=C(CNCC1CC1)Nc1ccc(Oc2ccncc2)cc1. The van der Waals surface area contributed by atoms with Crippen LogP contribution < -0.4 is 15.4 Å². The van der Waals surface area contributed by atoms with Crippen molar-refractivity contribution in [2.75, 3.05) is 18.4 Å². The highest BCUT2D eigenvalue weighted by Gasteiger charge is 2.20. The van der Waals surface area contributed by atoms with Crippen molar-refractivity contribution in [1.82, 2.24) is 10.3 Å². The zero-order valence-corrected chi connectivity index (χ0v) is 12.3. The van der Waals surface area contributed by atoms with Gasteiger partial charge < -0.3 is 15.4 Å². The second-order valence-corrected chi connectivity index (χ2v) is 5.43. The van der Waals surface area contributed by atoms with Gasteiger partial charge in [0.2, 0.25) is 5.91 Å². The molecule has 0 spiro atoms. The topological polar surface area (TPSA) is 63.2 Å². The monoisotopic (exact) mass is 297 g/mol. The number of ether oxygens (including phenoxy) is 1. The molecule has 0 bridgehead atoms. The van der Waals surface area contributed by atoms with E-state index >= 15 is 0 Å². The highest BCUT2D eigenvalue weighted by Crippen LogP contribution is 2.27. The summed E-state index contributed by atoms with van der Waals surface area (Å²) in [6.45, 7) is 1.29. The lowest BCUT2D eigenvalue weighted by Crippen LogP contribution is -2.29. The second-order valence-electron chi connectivity index (χ2n) is 5.43. The zero-order chi connectivity index (χ0) is 15.2. The number of carbonyl (C=O) groups is 1. The second kappa shape index (κ2) is 7.04. The minimum atomic E-state index is -0.0246. The van der Waals surface area contributed by atoms with Crippen LogP contribution in [0.3, 0.4) is 0 Å². The lowest BCUT2D eigenvalue weighted by atomic mass is 10.3. The fourth-order valence-electron chi connectivity index (χ4n) is 2.07. The molecular weight excluding hydrogens is 278 g/mol. The Morgan fingerprint density at radius 3 is 2.45 bits per heavy atom. The number of hydrogen-bond donors (Lipinski definition) is 2. The number of hydrogen-bond acceptors (Lipinski definition) is 4. The molecule has 2 aromatic rings. The number of nitrogens with one attached hydrogen (secondary N) is 2. The first-order valence-electron chi connectivity index (χ1n) is 7.48. The minimum absolute atomic E-state index is 0.0246. The summed E-state index contributed by atoms with van der Waals surface area (Å²) in [6.07, 6.45) is 5.93. The van der Waals surface area contributed by atoms with Crippen LogP contribution in [0.1, 0.15) is 12.8 Å². The number of amides is 1. The molecular formula is C17H19N3O2. The summed E-state index contributed by atoms with van der Waals surface area (Å²) in [5, 5.41) is 6.03. The maximum absolute atomic E-state index is 11.8. The Labute approximate surface area is 129 Å². The molecule has 0 saturated heterocycles. The summed E-state index contributed by atoms with van der Waals surface area (Å²) >= 11 is 0. The van der Waals surface area contributed by atoms with Crippen LogP contribution in [0, 0.1) is 5.92 Å². The minimum Gasteiger partial charge on any atom is -0.457 e. The van der Waals surface area contributed by atoms with Gasteiger partial charge in [-0.05, 0) is 61.7 Å². The summed E-state index contributed by atoms with van der Waals surface area (Å²) in [4.78, 5) is 15.7. The first kappa shape index (κ1) is 14.5. The van der Waals surface area contributed by atoms with Gasteiger partial charge in [0, 0.05) is 18.1 Å². The first-order chi connectivity index (χ1) is 10.8. The molecule has 5 heteroatoms. The van der Waals surface area contributed by atoms with Crippen molar-refractivity contribution in [1.29, 1.82) is 0 Å². The Bertz CT molecular complexity index is 610. The van der Waals surface area contributed by atoms with Gasteiger partial charge in [-0.2, -0.15) is 0 Å². The van der Waals surface area contributed by atoms with Gasteiger partial charge in [0.05, 0.1) is 6.54 Å². The van der Waals surface area contributed by atoms with Gasteiger partial charge in [0.1, 0.15) is 11.5 Å². The smallest absolute Gasteiger partial charge is 0.238 e. The highest BCUT2D eigenvalue weighted by atomic mass is 16.5. The third-order valence-electron chi connectivity index (χ3n) is 3.44. The molecule has 1 aliphatic rings. The third kappa shape index (κ3) is 4.56. The molecule has 0 unspecified atom stereocenters. The molecule has 0 radical (unpaired) electrons. The Kier molecular flexibility index (Phi) is 4.65. The molecule has 0 atom stereocenters. The van der Waals surface area contributed by atoms with E-state index in [2.05, 4.69) is 15.6 Å². The molecule has 0 aliphatic heterocycles. The molecule has 2 N–H and O–H groups in total. The molecule has 1 heterocycles. The van der Waals surface area contributed by atoms with Gasteiger partial charge in [-0.25, -0.2) is 0 Å². The Morgan fingerprint density at radius 2 is 1.77 bits per heavy atom. The molecule has 1 fully saturated rings. The molecule has 3 rings (SSSR count). The van der Waals surface area contributed by atoms with Crippen LogP contribution in [-0.2, 0) is 4.79 Å². The van der Waals surface area contributed by atoms with E-state index in [4.69, 9.17) is 4.74 Å². The molecule has 1 saturated carbocycles. The number of benzene rings is 1. The molecule has 22 heavy (non-hydrogen) atoms. The van der Waals surface area contributed by atoms with Crippen LogP contribution >= 0.6 is 0 Å². The molecule has 1 aromatic carbocycles. The largest absolute Gasteiger partial charge is 0.457 e. The highest BCUT2D eigenvalue weighted by molar-refractivity contribution is 5.92. The lowest BCUT2D eigenvalue weighted by molar-refractivity contribution is -0.115. The summed E-state index contributed by atoms with van der Waals surface area (Å²) in [5.41, 5.74) is 0.764. The predicted molar refractivity (Wildman–Crippen MR) is 85.0 cm³/mol. The average molecular weight is 297 g/mol. The maximum Gasteiger partial charge on any atom is 0.238 e. The van der Waals surface area contributed by atoms with E-state index in [1.165, 1.54) is 12.8 Å². The van der Waals surface area contributed by atoms with Gasteiger partial charge in [0.15, 0.2) is 0 Å². The van der Waals surface area contributed by atoms with Gasteiger partial charge >= 0.3 is 0 Å². The van der Waals surface area contributed by atoms with Gasteiger partial charge in [-0.3, -0.25) is 9.78 Å². The summed E-state index contributed by atoms with van der Waals surface area (Å²) in [7, 11) is 0. The number of pyridine rings is 1. The van der Waals surface area contributed by atoms with Gasteiger partial charge in [-0.15, -0.1) is 0 Å². The van der Waals surface area contributed by atoms with Crippen molar-refractivity contribution in [2.24, 2.45) is 5.92 Å². The van der Waals surface area contributed by atoms with E-state index in [0.29, 0.717) is 6.54 Å². The molecule has 1 amide bonds. The van der Waals surface area contributed by atoms with Crippen molar-refractivity contribution in [3.63, 3.8) is 0 Å². The fraction of sp³-hybridized carbons (Fsp3) is 0.294. The molecule has 1 aliphatic carbocycles. The van der Waals surface area contributed by atoms with E-state index in [0.717, 1.165) is 29.6 Å². The van der Waals surface area contributed by atoms with Crippen molar-refractivity contribution in [2.45, 2.75) is 12.8 Å². The van der Waals surface area contributed by atoms with Crippen molar-refractivity contribution in [3.05, 3.63) is 48.8 Å². The Morgan fingerprint density at radius 1 is 1.09 bits per heavy atom. The lowest BCUT2D eigenvalue weighted by Gasteiger charge is -2.08. The van der Waals surface area contributed by atoms with Gasteiger partial charge in [-0.1, -0.05) is 0 Å².